The van der Waals surface area contributed by atoms with Gasteiger partial charge in [-0.1, -0.05) is 24.3 Å². The van der Waals surface area contributed by atoms with Crippen molar-refractivity contribution in [3.8, 4) is 0 Å². The summed E-state index contributed by atoms with van der Waals surface area (Å²) in [5.41, 5.74) is 1.73. The van der Waals surface area contributed by atoms with Crippen LogP contribution in [0.1, 0.15) is 41.4 Å². The van der Waals surface area contributed by atoms with E-state index in [4.69, 9.17) is 0 Å². The molecule has 0 spiro atoms. The second-order valence-corrected chi connectivity index (χ2v) is 6.92. The van der Waals surface area contributed by atoms with Gasteiger partial charge in [0.15, 0.2) is 0 Å². The number of hydrogen-bond acceptors (Lipinski definition) is 5. The Morgan fingerprint density at radius 2 is 0.893 bits per heavy atom. The Kier molecular flexibility index (Phi) is 4.52. The van der Waals surface area contributed by atoms with Gasteiger partial charge in [-0.2, -0.15) is 0 Å². The number of hydrogen-bond donors (Lipinski definition) is 0. The minimum Gasteiger partial charge on any atom is -0.303 e. The fourth-order valence-electron chi connectivity index (χ4n) is 3.54. The Balaban J connectivity index is 1.32. The molecule has 0 atom stereocenters. The van der Waals surface area contributed by atoms with Gasteiger partial charge < -0.3 is 4.90 Å². The van der Waals surface area contributed by atoms with Gasteiger partial charge in [-0.05, 0) is 31.3 Å². The van der Waals surface area contributed by atoms with Gasteiger partial charge in [0.1, 0.15) is 0 Å². The molecule has 0 N–H and O–H groups in total. The summed E-state index contributed by atoms with van der Waals surface area (Å²) in [5.74, 6) is -1.13. The highest BCUT2D eigenvalue weighted by atomic mass is 16.2. The lowest BCUT2D eigenvalue weighted by Crippen LogP contribution is -2.41. The third kappa shape index (κ3) is 2.90. The van der Waals surface area contributed by atoms with Crippen molar-refractivity contribution in [1.29, 1.82) is 0 Å². The van der Waals surface area contributed by atoms with Crippen LogP contribution in [0, 0.1) is 0 Å². The minimum atomic E-state index is -0.283. The maximum Gasteiger partial charge on any atom is 0.261 e. The van der Waals surface area contributed by atoms with Crippen molar-refractivity contribution in [2.24, 2.45) is 0 Å². The molecular weight excluding hydrogens is 358 g/mol. The van der Waals surface area contributed by atoms with Crippen molar-refractivity contribution < 1.29 is 19.2 Å². The lowest BCUT2D eigenvalue weighted by atomic mass is 10.1. The van der Waals surface area contributed by atoms with Crippen LogP contribution in [0.15, 0.2) is 48.5 Å². The van der Waals surface area contributed by atoms with E-state index in [1.807, 2.05) is 11.9 Å². The van der Waals surface area contributed by atoms with E-state index in [9.17, 15) is 19.2 Å². The molecule has 0 aromatic heterocycles. The molecule has 2 aromatic carbocycles. The smallest absolute Gasteiger partial charge is 0.261 e. The van der Waals surface area contributed by atoms with Crippen LogP contribution in [0.25, 0.3) is 0 Å². The molecule has 0 radical (unpaired) electrons. The molecule has 7 nitrogen and oxygen atoms in total. The Hall–Kier alpha value is -3.32. The van der Waals surface area contributed by atoms with Crippen molar-refractivity contribution in [2.75, 3.05) is 33.2 Å². The average molecular weight is 377 g/mol. The van der Waals surface area contributed by atoms with Crippen LogP contribution >= 0.6 is 0 Å². The molecule has 142 valence electrons. The molecule has 2 aliphatic heterocycles. The first kappa shape index (κ1) is 18.1. The van der Waals surface area contributed by atoms with E-state index < -0.39 is 0 Å². The molecule has 0 bridgehead atoms. The summed E-state index contributed by atoms with van der Waals surface area (Å²) >= 11 is 0. The Morgan fingerprint density at radius 1 is 0.607 bits per heavy atom. The number of fused-ring (bicyclic) bond motifs is 2. The van der Waals surface area contributed by atoms with Gasteiger partial charge in [-0.15, -0.1) is 0 Å². The number of amides is 4. The molecule has 4 amide bonds. The molecule has 2 aromatic rings. The van der Waals surface area contributed by atoms with Gasteiger partial charge >= 0.3 is 0 Å². The summed E-state index contributed by atoms with van der Waals surface area (Å²) in [6.45, 7) is 1.42. The van der Waals surface area contributed by atoms with Crippen molar-refractivity contribution in [3.63, 3.8) is 0 Å². The van der Waals surface area contributed by atoms with Crippen LogP contribution in [-0.4, -0.2) is 71.6 Å². The first-order chi connectivity index (χ1) is 13.5. The minimum absolute atomic E-state index is 0.255. The summed E-state index contributed by atoms with van der Waals surface area (Å²) in [4.78, 5) is 53.9. The lowest BCUT2D eigenvalue weighted by molar-refractivity contribution is 0.0632. The molecule has 0 unspecified atom stereocenters. The number of likely N-dealkylation sites (N-methyl/N-ethyl adjacent to an activating group) is 1. The maximum atomic E-state index is 12.4. The Bertz CT molecular complexity index is 851. The number of imide groups is 2. The summed E-state index contributed by atoms with van der Waals surface area (Å²) in [6, 6.07) is 13.6. The second-order valence-electron chi connectivity index (χ2n) is 6.92. The Morgan fingerprint density at radius 3 is 1.18 bits per heavy atom. The van der Waals surface area contributed by atoms with Crippen LogP contribution in [0.4, 0.5) is 0 Å². The van der Waals surface area contributed by atoms with Gasteiger partial charge in [0.25, 0.3) is 23.6 Å². The van der Waals surface area contributed by atoms with Crippen LogP contribution < -0.4 is 0 Å². The maximum absolute atomic E-state index is 12.4. The third-order valence-corrected chi connectivity index (χ3v) is 5.17. The largest absolute Gasteiger partial charge is 0.303 e. The normalized spacial score (nSPS) is 15.6. The monoisotopic (exact) mass is 377 g/mol. The van der Waals surface area contributed by atoms with E-state index >= 15 is 0 Å². The second kappa shape index (κ2) is 7.01. The highest BCUT2D eigenvalue weighted by Gasteiger charge is 2.36. The third-order valence-electron chi connectivity index (χ3n) is 5.17. The fourth-order valence-corrected chi connectivity index (χ4v) is 3.54. The zero-order chi connectivity index (χ0) is 19.8. The summed E-state index contributed by atoms with van der Waals surface area (Å²) in [6.07, 6.45) is 0. The summed E-state index contributed by atoms with van der Waals surface area (Å²) in [5, 5.41) is 0. The average Bonchev–Trinajstić information content (AvgIpc) is 3.10. The van der Waals surface area contributed by atoms with Crippen molar-refractivity contribution >= 4 is 23.6 Å². The number of carbonyl (C=O) groups excluding carboxylic acids is 4. The van der Waals surface area contributed by atoms with E-state index in [0.29, 0.717) is 35.3 Å². The molecule has 0 aliphatic carbocycles. The van der Waals surface area contributed by atoms with Gasteiger partial charge in [0, 0.05) is 26.2 Å². The number of rotatable bonds is 6. The predicted molar refractivity (Wildman–Crippen MR) is 101 cm³/mol. The number of carbonyl (C=O) groups is 4. The van der Waals surface area contributed by atoms with Crippen LogP contribution in [0.2, 0.25) is 0 Å². The molecule has 7 heteroatoms. The fraction of sp³-hybridized carbons (Fsp3) is 0.238. The molecule has 2 aliphatic rings. The van der Waals surface area contributed by atoms with E-state index in [1.165, 1.54) is 9.80 Å². The topological polar surface area (TPSA) is 78.0 Å². The standard InChI is InChI=1S/C21H19N3O4/c1-22(10-12-23-18(25)14-6-2-3-7-15(14)19(23)26)11-13-24-20(27)16-8-4-5-9-17(16)21(24)28/h2-9H,10-13H2,1H3. The zero-order valence-electron chi connectivity index (χ0n) is 15.4. The molecule has 2 heterocycles. The van der Waals surface area contributed by atoms with E-state index in [0.717, 1.165) is 0 Å². The zero-order valence-corrected chi connectivity index (χ0v) is 15.4. The van der Waals surface area contributed by atoms with Crippen LogP contribution in [0.3, 0.4) is 0 Å². The highest BCUT2D eigenvalue weighted by Crippen LogP contribution is 2.23. The quantitative estimate of drug-likeness (QED) is 0.713. The molecule has 0 saturated carbocycles. The molecule has 0 fully saturated rings. The van der Waals surface area contributed by atoms with Crippen molar-refractivity contribution in [3.05, 3.63) is 70.8 Å². The summed E-state index contributed by atoms with van der Waals surface area (Å²) < 4.78 is 0. The van der Waals surface area contributed by atoms with Gasteiger partial charge in [-0.25, -0.2) is 0 Å². The lowest BCUT2D eigenvalue weighted by Gasteiger charge is -2.22. The van der Waals surface area contributed by atoms with Crippen LogP contribution in [0.5, 0.6) is 0 Å². The molecule has 28 heavy (non-hydrogen) atoms. The molecular formula is C21H19N3O4. The van der Waals surface area contributed by atoms with Gasteiger partial charge in [0.2, 0.25) is 0 Å². The van der Waals surface area contributed by atoms with Crippen LogP contribution in [-0.2, 0) is 0 Å². The van der Waals surface area contributed by atoms with Crippen molar-refractivity contribution in [2.45, 2.75) is 0 Å². The number of nitrogens with zero attached hydrogens (tertiary/aromatic N) is 3. The summed E-state index contributed by atoms with van der Waals surface area (Å²) in [7, 11) is 1.83. The van der Waals surface area contributed by atoms with Gasteiger partial charge in [0.05, 0.1) is 22.3 Å². The Labute approximate surface area is 162 Å². The first-order valence-electron chi connectivity index (χ1n) is 9.08. The molecule has 4 rings (SSSR count). The predicted octanol–water partition coefficient (Wildman–Crippen LogP) is 1.51. The molecule has 0 saturated heterocycles. The number of benzene rings is 2. The van der Waals surface area contributed by atoms with E-state index in [1.54, 1.807) is 48.5 Å². The SMILES string of the molecule is CN(CCN1C(=O)c2ccccc2C1=O)CCN1C(=O)c2ccccc2C1=O. The highest BCUT2D eigenvalue weighted by molar-refractivity contribution is 6.22. The van der Waals surface area contributed by atoms with E-state index in [2.05, 4.69) is 0 Å². The van der Waals surface area contributed by atoms with Crippen molar-refractivity contribution in [1.82, 2.24) is 14.7 Å². The van der Waals surface area contributed by atoms with Gasteiger partial charge in [-0.3, -0.25) is 29.0 Å². The van der Waals surface area contributed by atoms with E-state index in [-0.39, 0.29) is 36.7 Å². The first-order valence-corrected chi connectivity index (χ1v) is 9.08.